The molecule has 8 atom stereocenters. The van der Waals surface area contributed by atoms with Gasteiger partial charge in [-0.3, -0.25) is 9.59 Å². The molecular formula is C32H40N2O3. The Morgan fingerprint density at radius 3 is 2.35 bits per heavy atom. The van der Waals surface area contributed by atoms with Crippen molar-refractivity contribution in [2.45, 2.75) is 77.3 Å². The highest BCUT2D eigenvalue weighted by atomic mass is 16.3. The van der Waals surface area contributed by atoms with E-state index in [9.17, 15) is 14.7 Å². The van der Waals surface area contributed by atoms with E-state index in [1.165, 1.54) is 6.42 Å². The van der Waals surface area contributed by atoms with Crippen LogP contribution in [0.2, 0.25) is 0 Å². The maximum Gasteiger partial charge on any atom is 0.224 e. The molecule has 3 saturated carbocycles. The molecule has 6 rings (SSSR count). The first-order chi connectivity index (χ1) is 17.8. The summed E-state index contributed by atoms with van der Waals surface area (Å²) in [5.41, 5.74) is 2.24. The van der Waals surface area contributed by atoms with Gasteiger partial charge in [0.05, 0.1) is 6.04 Å². The maximum atomic E-state index is 14.0. The number of hydrogen-bond donors (Lipinski definition) is 3. The molecule has 37 heavy (non-hydrogen) atoms. The van der Waals surface area contributed by atoms with E-state index in [4.69, 9.17) is 0 Å². The molecule has 0 bridgehead atoms. The molecule has 0 spiro atoms. The number of aromatic hydroxyl groups is 1. The maximum absolute atomic E-state index is 14.0. The van der Waals surface area contributed by atoms with Crippen LogP contribution in [0.25, 0.3) is 0 Å². The summed E-state index contributed by atoms with van der Waals surface area (Å²) in [5, 5.41) is 16.6. The molecule has 2 aromatic carbocycles. The Kier molecular flexibility index (Phi) is 6.08. The summed E-state index contributed by atoms with van der Waals surface area (Å²) in [5.74, 6) is 2.48. The van der Waals surface area contributed by atoms with Crippen LogP contribution >= 0.6 is 0 Å². The minimum atomic E-state index is -0.242. The third kappa shape index (κ3) is 4.06. The molecule has 1 heterocycles. The Balaban J connectivity index is 1.23. The van der Waals surface area contributed by atoms with Gasteiger partial charge in [0.15, 0.2) is 0 Å². The zero-order chi connectivity index (χ0) is 25.8. The van der Waals surface area contributed by atoms with E-state index < -0.39 is 0 Å². The van der Waals surface area contributed by atoms with E-state index in [0.717, 1.165) is 49.7 Å². The van der Waals surface area contributed by atoms with Crippen molar-refractivity contribution in [2.75, 3.05) is 0 Å². The van der Waals surface area contributed by atoms with E-state index in [1.807, 2.05) is 30.3 Å². The van der Waals surface area contributed by atoms with E-state index in [0.29, 0.717) is 30.2 Å². The second kappa shape index (κ2) is 9.18. The van der Waals surface area contributed by atoms with E-state index in [-0.39, 0.29) is 40.4 Å². The molecule has 3 aliphatic carbocycles. The number of carbonyl (C=O) groups excluding carboxylic acids is 2. The lowest BCUT2D eigenvalue weighted by Gasteiger charge is -2.60. The fourth-order valence-corrected chi connectivity index (χ4v) is 9.05. The number of phenols is 1. The van der Waals surface area contributed by atoms with Crippen molar-refractivity contribution < 1.29 is 14.7 Å². The fraction of sp³-hybridized carbons (Fsp3) is 0.562. The Hall–Kier alpha value is -2.82. The number of phenolic OH excluding ortho intramolecular Hbond substituents is 1. The van der Waals surface area contributed by atoms with Crippen LogP contribution in [0.15, 0.2) is 54.6 Å². The summed E-state index contributed by atoms with van der Waals surface area (Å²) >= 11 is 0. The molecule has 1 saturated heterocycles. The van der Waals surface area contributed by atoms with Crippen molar-refractivity contribution in [3.63, 3.8) is 0 Å². The average Bonchev–Trinajstić information content (AvgIpc) is 3.26. The Labute approximate surface area is 220 Å². The average molecular weight is 501 g/mol. The molecular weight excluding hydrogens is 460 g/mol. The lowest BCUT2D eigenvalue weighted by atomic mass is 9.47. The summed E-state index contributed by atoms with van der Waals surface area (Å²) in [6.45, 7) is 4.82. The molecule has 5 nitrogen and oxygen atoms in total. The number of carbonyl (C=O) groups is 2. The van der Waals surface area contributed by atoms with E-state index >= 15 is 0 Å². The minimum absolute atomic E-state index is 0.0124. The zero-order valence-electron chi connectivity index (χ0n) is 22.1. The van der Waals surface area contributed by atoms with Crippen LogP contribution in [0.1, 0.15) is 82.4 Å². The van der Waals surface area contributed by atoms with Crippen LogP contribution in [-0.4, -0.2) is 23.0 Å². The third-order valence-electron chi connectivity index (χ3n) is 11.1. The molecule has 0 aromatic heterocycles. The molecule has 1 unspecified atom stereocenters. The highest BCUT2D eigenvalue weighted by Crippen LogP contribution is 2.65. The first-order valence-electron chi connectivity index (χ1n) is 14.2. The van der Waals surface area contributed by atoms with Crippen LogP contribution in [0.5, 0.6) is 5.75 Å². The lowest BCUT2D eigenvalue weighted by molar-refractivity contribution is -0.141. The van der Waals surface area contributed by atoms with Crippen molar-refractivity contribution in [2.24, 2.45) is 34.5 Å². The van der Waals surface area contributed by atoms with Crippen molar-refractivity contribution in [3.05, 3.63) is 65.7 Å². The lowest BCUT2D eigenvalue weighted by Crippen LogP contribution is -2.61. The molecule has 0 radical (unpaired) electrons. The molecule has 1 aliphatic heterocycles. The topological polar surface area (TPSA) is 78.4 Å². The third-order valence-corrected chi connectivity index (χ3v) is 11.1. The van der Waals surface area contributed by atoms with Crippen LogP contribution in [0.4, 0.5) is 0 Å². The van der Waals surface area contributed by atoms with Gasteiger partial charge in [0.1, 0.15) is 5.75 Å². The van der Waals surface area contributed by atoms with Crippen LogP contribution < -0.4 is 10.6 Å². The van der Waals surface area contributed by atoms with Crippen LogP contribution in [0.3, 0.4) is 0 Å². The molecule has 4 aliphatic rings. The van der Waals surface area contributed by atoms with Gasteiger partial charge in [-0.2, -0.15) is 0 Å². The Morgan fingerprint density at radius 1 is 0.892 bits per heavy atom. The van der Waals surface area contributed by atoms with E-state index in [1.54, 1.807) is 12.1 Å². The normalized spacial score (nSPS) is 37.5. The number of benzene rings is 2. The standard InChI is InChI=1S/C32H40N2O3/c1-31-18-16-25-23(12-15-27-32(25,2)19-17-28(36)33-27)24(31)13-14-26(31)30(37)34-29(20-6-4-3-5-7-20)21-8-10-22(35)11-9-21/h3-11,23-27,29,35H,12-19H2,1-2H3,(H,33,36)(H,34,37)/t23-,24-,25-,26+,27+,29?,31-,32+/m0/s1. The number of piperidine rings is 1. The van der Waals surface area contributed by atoms with Gasteiger partial charge in [-0.05, 0) is 96.8 Å². The summed E-state index contributed by atoms with van der Waals surface area (Å²) in [6.07, 6.45) is 8.21. The fourth-order valence-electron chi connectivity index (χ4n) is 9.05. The predicted molar refractivity (Wildman–Crippen MR) is 144 cm³/mol. The highest BCUT2D eigenvalue weighted by molar-refractivity contribution is 5.81. The first kappa shape index (κ1) is 24.5. The van der Waals surface area contributed by atoms with Crippen molar-refractivity contribution in [1.82, 2.24) is 10.6 Å². The second-order valence-electron chi connectivity index (χ2n) is 12.7. The first-order valence-corrected chi connectivity index (χ1v) is 14.2. The monoisotopic (exact) mass is 500 g/mol. The Bertz CT molecular complexity index is 1160. The van der Waals surface area contributed by atoms with Gasteiger partial charge in [0.2, 0.25) is 11.8 Å². The predicted octanol–water partition coefficient (Wildman–Crippen LogP) is 5.74. The van der Waals surface area contributed by atoms with Gasteiger partial charge in [0, 0.05) is 18.4 Å². The number of rotatable bonds is 4. The zero-order valence-corrected chi connectivity index (χ0v) is 22.1. The van der Waals surface area contributed by atoms with Gasteiger partial charge >= 0.3 is 0 Å². The van der Waals surface area contributed by atoms with Crippen molar-refractivity contribution in [3.8, 4) is 5.75 Å². The van der Waals surface area contributed by atoms with E-state index in [2.05, 4.69) is 36.6 Å². The molecule has 2 amide bonds. The summed E-state index contributed by atoms with van der Waals surface area (Å²) in [4.78, 5) is 26.1. The summed E-state index contributed by atoms with van der Waals surface area (Å²) < 4.78 is 0. The summed E-state index contributed by atoms with van der Waals surface area (Å²) in [6, 6.07) is 17.4. The SMILES string of the molecule is C[C@]12CCC(=O)N[C@@H]1CC[C@@H]1[C@@H]2CC[C@]2(C)[C@@H](C(=O)NC(c3ccccc3)c3ccc(O)cc3)CC[C@@H]12. The van der Waals surface area contributed by atoms with Crippen LogP contribution in [0, 0.1) is 34.5 Å². The number of hydrogen-bond acceptors (Lipinski definition) is 3. The van der Waals surface area contributed by atoms with Gasteiger partial charge in [-0.1, -0.05) is 56.3 Å². The number of nitrogens with one attached hydrogen (secondary N) is 2. The van der Waals surface area contributed by atoms with Crippen molar-refractivity contribution in [1.29, 1.82) is 0 Å². The second-order valence-corrected chi connectivity index (χ2v) is 12.7. The molecule has 2 aromatic rings. The number of amides is 2. The quantitative estimate of drug-likeness (QED) is 0.501. The van der Waals surface area contributed by atoms with Crippen molar-refractivity contribution >= 4 is 11.8 Å². The largest absolute Gasteiger partial charge is 0.508 e. The molecule has 4 fully saturated rings. The smallest absolute Gasteiger partial charge is 0.224 e. The Morgan fingerprint density at radius 2 is 1.59 bits per heavy atom. The molecule has 196 valence electrons. The summed E-state index contributed by atoms with van der Waals surface area (Å²) in [7, 11) is 0. The number of fused-ring (bicyclic) bond motifs is 5. The molecule has 5 heteroatoms. The van der Waals surface area contributed by atoms with Gasteiger partial charge in [-0.15, -0.1) is 0 Å². The van der Waals surface area contributed by atoms with Gasteiger partial charge in [0.25, 0.3) is 0 Å². The minimum Gasteiger partial charge on any atom is -0.508 e. The van der Waals surface area contributed by atoms with Gasteiger partial charge in [-0.25, -0.2) is 0 Å². The highest BCUT2D eigenvalue weighted by Gasteiger charge is 2.61. The molecule has 3 N–H and O–H groups in total. The van der Waals surface area contributed by atoms with Gasteiger partial charge < -0.3 is 15.7 Å². The van der Waals surface area contributed by atoms with Crippen LogP contribution in [-0.2, 0) is 9.59 Å².